The molecule has 0 aliphatic rings. The van der Waals surface area contributed by atoms with Crippen LogP contribution in [-0.2, 0) is 16.1 Å². The van der Waals surface area contributed by atoms with Crippen molar-refractivity contribution in [2.75, 3.05) is 11.5 Å². The van der Waals surface area contributed by atoms with E-state index in [1.807, 2.05) is 34.6 Å². The van der Waals surface area contributed by atoms with Crippen molar-refractivity contribution in [3.8, 4) is 17.3 Å². The van der Waals surface area contributed by atoms with Gasteiger partial charge >= 0.3 is 0 Å². The van der Waals surface area contributed by atoms with Crippen LogP contribution in [0.25, 0.3) is 11.6 Å². The Kier molecular flexibility index (Phi) is 7.65. The number of hydrogen-bond acceptors (Lipinski definition) is 8. The Morgan fingerprint density at radius 2 is 1.71 bits per heavy atom. The average Bonchev–Trinajstić information content (AvgIpc) is 3.58. The van der Waals surface area contributed by atoms with Crippen molar-refractivity contribution >= 4 is 17.5 Å². The molecule has 0 aliphatic heterocycles. The van der Waals surface area contributed by atoms with Gasteiger partial charge in [-0.2, -0.15) is 4.80 Å². The van der Waals surface area contributed by atoms with E-state index in [-0.39, 0.29) is 12.4 Å². The monoisotopic (exact) mass is 520 g/mol. The molecule has 4 aromatic rings. The van der Waals surface area contributed by atoms with Crippen molar-refractivity contribution < 1.29 is 23.2 Å². The number of ether oxygens (including phenoxy) is 1. The van der Waals surface area contributed by atoms with Gasteiger partial charge in [-0.15, -0.1) is 10.2 Å². The minimum Gasteiger partial charge on any atom is -0.494 e. The fourth-order valence-corrected chi connectivity index (χ4v) is 3.88. The number of carbonyl (C=O) groups excluding carboxylic acids is 2. The molecule has 38 heavy (non-hydrogen) atoms. The number of aryl methyl sites for hydroxylation is 2. The van der Waals surface area contributed by atoms with Gasteiger partial charge in [-0.3, -0.25) is 14.5 Å². The Bertz CT molecular complexity index is 1400. The summed E-state index contributed by atoms with van der Waals surface area (Å²) in [5, 5.41) is 15.3. The van der Waals surface area contributed by atoms with Gasteiger partial charge < -0.3 is 18.9 Å². The summed E-state index contributed by atoms with van der Waals surface area (Å²) in [5.41, 5.74) is -0.0721. The zero-order valence-corrected chi connectivity index (χ0v) is 22.4. The fraction of sp³-hybridized carbons (Fsp3) is 0.370. The number of hydrogen-bond donors (Lipinski definition) is 1. The van der Waals surface area contributed by atoms with Crippen molar-refractivity contribution in [1.82, 2.24) is 25.5 Å². The summed E-state index contributed by atoms with van der Waals surface area (Å²) in [4.78, 5) is 30.1. The van der Waals surface area contributed by atoms with E-state index < -0.39 is 23.4 Å². The first-order valence-corrected chi connectivity index (χ1v) is 12.3. The van der Waals surface area contributed by atoms with Crippen molar-refractivity contribution in [3.63, 3.8) is 0 Å². The number of nitrogens with one attached hydrogen (secondary N) is 1. The first-order valence-electron chi connectivity index (χ1n) is 12.3. The van der Waals surface area contributed by atoms with Gasteiger partial charge in [0.25, 0.3) is 11.8 Å². The topological polar surface area (TPSA) is 129 Å². The second-order valence-electron chi connectivity index (χ2n) is 9.83. The highest BCUT2D eigenvalue weighted by Gasteiger charge is 2.37. The quantitative estimate of drug-likeness (QED) is 0.347. The molecule has 1 aromatic carbocycles. The first-order chi connectivity index (χ1) is 18.0. The molecule has 3 aromatic heterocycles. The van der Waals surface area contributed by atoms with E-state index in [0.717, 1.165) is 0 Å². The predicted molar refractivity (Wildman–Crippen MR) is 139 cm³/mol. The Morgan fingerprint density at radius 3 is 2.29 bits per heavy atom. The van der Waals surface area contributed by atoms with Crippen molar-refractivity contribution in [3.05, 3.63) is 65.8 Å². The molecule has 1 atom stereocenters. The van der Waals surface area contributed by atoms with Gasteiger partial charge in [0.1, 0.15) is 29.6 Å². The molecule has 0 spiro atoms. The normalized spacial score (nSPS) is 12.3. The number of tetrazole rings is 1. The van der Waals surface area contributed by atoms with Crippen LogP contribution in [0.2, 0.25) is 0 Å². The fourth-order valence-electron chi connectivity index (χ4n) is 3.88. The lowest BCUT2D eigenvalue weighted by molar-refractivity contribution is -0.128. The molecule has 3 heterocycles. The summed E-state index contributed by atoms with van der Waals surface area (Å²) in [5.74, 6) is 2.14. The van der Waals surface area contributed by atoms with Crippen LogP contribution in [0.15, 0.2) is 57.4 Å². The van der Waals surface area contributed by atoms with Crippen molar-refractivity contribution in [2.24, 2.45) is 0 Å². The lowest BCUT2D eigenvalue weighted by Gasteiger charge is -2.32. The molecule has 1 N–H and O–H groups in total. The molecule has 11 heteroatoms. The molecule has 200 valence electrons. The van der Waals surface area contributed by atoms with Crippen LogP contribution in [0, 0.1) is 13.8 Å². The van der Waals surface area contributed by atoms with Crippen LogP contribution in [0.4, 0.5) is 5.69 Å². The zero-order valence-electron chi connectivity index (χ0n) is 22.4. The highest BCUT2D eigenvalue weighted by molar-refractivity contribution is 6.01. The van der Waals surface area contributed by atoms with Gasteiger partial charge in [0.2, 0.25) is 5.82 Å². The third-order valence-corrected chi connectivity index (χ3v) is 5.42. The largest absolute Gasteiger partial charge is 0.494 e. The maximum absolute atomic E-state index is 13.9. The highest BCUT2D eigenvalue weighted by atomic mass is 16.5. The van der Waals surface area contributed by atoms with Gasteiger partial charge in [-0.25, -0.2) is 0 Å². The number of anilines is 1. The van der Waals surface area contributed by atoms with Gasteiger partial charge in [-0.1, -0.05) is 0 Å². The van der Waals surface area contributed by atoms with E-state index in [4.69, 9.17) is 13.6 Å². The predicted octanol–water partition coefficient (Wildman–Crippen LogP) is 4.23. The molecule has 0 unspecified atom stereocenters. The molecule has 0 radical (unpaired) electrons. The maximum Gasteiger partial charge on any atom is 0.251 e. The van der Waals surface area contributed by atoms with Crippen LogP contribution in [0.3, 0.4) is 0 Å². The minimum absolute atomic E-state index is 0.252. The van der Waals surface area contributed by atoms with Crippen molar-refractivity contribution in [1.29, 1.82) is 0 Å². The molecule has 0 saturated carbocycles. The average molecular weight is 521 g/mol. The van der Waals surface area contributed by atoms with E-state index >= 15 is 0 Å². The molecular weight excluding hydrogens is 488 g/mol. The minimum atomic E-state index is -1.09. The third kappa shape index (κ3) is 6.28. The molecule has 0 bridgehead atoms. The first kappa shape index (κ1) is 26.6. The van der Waals surface area contributed by atoms with Crippen LogP contribution in [0.5, 0.6) is 5.75 Å². The Hall–Kier alpha value is -4.41. The highest BCUT2D eigenvalue weighted by Crippen LogP contribution is 2.31. The lowest BCUT2D eigenvalue weighted by atomic mass is 10.1. The number of rotatable bonds is 9. The van der Waals surface area contributed by atoms with Gasteiger partial charge in [-0.05, 0) is 95.3 Å². The molecule has 0 aliphatic carbocycles. The van der Waals surface area contributed by atoms with Gasteiger partial charge in [0.05, 0.1) is 6.61 Å². The smallest absolute Gasteiger partial charge is 0.251 e. The summed E-state index contributed by atoms with van der Waals surface area (Å²) in [6.07, 6.45) is 0. The molecule has 0 fully saturated rings. The van der Waals surface area contributed by atoms with Crippen LogP contribution in [-0.4, -0.2) is 44.2 Å². The lowest BCUT2D eigenvalue weighted by Crippen LogP contribution is -2.50. The summed E-state index contributed by atoms with van der Waals surface area (Å²) in [7, 11) is 0. The SMILES string of the molecule is CCOc1ccc(N(C(=O)Cn2nnc(-c3ccc(C)o3)n2)[C@H](C(=O)NC(C)(C)C)c2ccc(C)o2)cc1. The van der Waals surface area contributed by atoms with Gasteiger partial charge in [0, 0.05) is 11.2 Å². The van der Waals surface area contributed by atoms with E-state index in [9.17, 15) is 9.59 Å². The van der Waals surface area contributed by atoms with E-state index in [0.29, 0.717) is 41.1 Å². The van der Waals surface area contributed by atoms with E-state index in [1.165, 1.54) is 9.70 Å². The van der Waals surface area contributed by atoms with E-state index in [1.54, 1.807) is 55.5 Å². The number of aromatic nitrogens is 4. The molecule has 0 saturated heterocycles. The van der Waals surface area contributed by atoms with Crippen LogP contribution < -0.4 is 15.0 Å². The Labute approximate surface area is 220 Å². The van der Waals surface area contributed by atoms with Crippen LogP contribution >= 0.6 is 0 Å². The zero-order chi connectivity index (χ0) is 27.4. The number of amides is 2. The standard InChI is InChI=1S/C27H32N6O5/c1-7-36-20-12-10-19(11-13-20)33(24(21-14-8-17(2)37-21)26(35)28-27(4,5)6)23(34)16-32-30-25(29-31-32)22-15-9-18(3)38-22/h8-15,24H,7,16H2,1-6H3,(H,28,35)/t24-/m0/s1. The summed E-state index contributed by atoms with van der Waals surface area (Å²) in [6, 6.07) is 12.8. The molecular formula is C27H32N6O5. The molecule has 11 nitrogen and oxygen atoms in total. The van der Waals surface area contributed by atoms with Crippen molar-refractivity contribution in [2.45, 2.75) is 59.7 Å². The number of nitrogens with zero attached hydrogens (tertiary/aromatic N) is 5. The number of benzene rings is 1. The van der Waals surface area contributed by atoms with Gasteiger partial charge in [0.15, 0.2) is 11.8 Å². The Morgan fingerprint density at radius 1 is 1.03 bits per heavy atom. The number of carbonyl (C=O) groups is 2. The molecule has 2 amide bonds. The number of furan rings is 2. The summed E-state index contributed by atoms with van der Waals surface area (Å²) >= 11 is 0. The second-order valence-corrected chi connectivity index (χ2v) is 9.83. The molecule has 4 rings (SSSR count). The Balaban J connectivity index is 1.73. The summed E-state index contributed by atoms with van der Waals surface area (Å²) < 4.78 is 17.0. The van der Waals surface area contributed by atoms with E-state index in [2.05, 4.69) is 20.7 Å². The second kappa shape index (κ2) is 10.9. The maximum atomic E-state index is 13.9. The van der Waals surface area contributed by atoms with Crippen LogP contribution in [0.1, 0.15) is 51.0 Å². The summed E-state index contributed by atoms with van der Waals surface area (Å²) in [6.45, 7) is 11.3. The third-order valence-electron chi connectivity index (χ3n) is 5.42.